The SMILES string of the molecule is CCCCCCCCCCCCCOC(=O)/C=C\C(=O)OCCCCCCCCCCCCC. The summed E-state index contributed by atoms with van der Waals surface area (Å²) in [5.74, 6) is -0.919. The summed E-state index contributed by atoms with van der Waals surface area (Å²) in [7, 11) is 0. The summed E-state index contributed by atoms with van der Waals surface area (Å²) in [5.41, 5.74) is 0. The highest BCUT2D eigenvalue weighted by Crippen LogP contribution is 2.12. The van der Waals surface area contributed by atoms with E-state index in [0.29, 0.717) is 13.2 Å². The molecule has 0 saturated heterocycles. The lowest BCUT2D eigenvalue weighted by atomic mass is 10.1. The molecule has 0 aliphatic rings. The van der Waals surface area contributed by atoms with E-state index in [4.69, 9.17) is 9.47 Å². The van der Waals surface area contributed by atoms with Gasteiger partial charge in [-0.15, -0.1) is 0 Å². The highest BCUT2D eigenvalue weighted by Gasteiger charge is 2.02. The van der Waals surface area contributed by atoms with E-state index < -0.39 is 11.9 Å². The van der Waals surface area contributed by atoms with Crippen LogP contribution in [0, 0.1) is 0 Å². The molecule has 0 heterocycles. The largest absolute Gasteiger partial charge is 0.463 e. The van der Waals surface area contributed by atoms with Crippen LogP contribution in [-0.2, 0) is 19.1 Å². The van der Waals surface area contributed by atoms with Crippen molar-refractivity contribution in [1.29, 1.82) is 0 Å². The predicted molar refractivity (Wildman–Crippen MR) is 144 cm³/mol. The average Bonchev–Trinajstić information content (AvgIpc) is 2.84. The van der Waals surface area contributed by atoms with Gasteiger partial charge in [0.1, 0.15) is 0 Å². The Kier molecular flexibility index (Phi) is 26.8. The summed E-state index contributed by atoms with van der Waals surface area (Å²) >= 11 is 0. The summed E-state index contributed by atoms with van der Waals surface area (Å²) in [6.07, 6.45) is 30.2. The van der Waals surface area contributed by atoms with E-state index in [1.165, 1.54) is 128 Å². The number of hydrogen-bond donors (Lipinski definition) is 0. The van der Waals surface area contributed by atoms with E-state index in [-0.39, 0.29) is 0 Å². The molecule has 0 aliphatic heterocycles. The van der Waals surface area contributed by atoms with Gasteiger partial charge in [0, 0.05) is 12.2 Å². The standard InChI is InChI=1S/C30H56O4/c1-3-5-7-9-11-13-15-17-19-21-23-27-33-29(31)25-26-30(32)34-28-24-22-20-18-16-14-12-10-8-6-4-2/h25-26H,3-24,27-28H2,1-2H3/b26-25-. The lowest BCUT2D eigenvalue weighted by Gasteiger charge is -2.04. The smallest absolute Gasteiger partial charge is 0.331 e. The van der Waals surface area contributed by atoms with Gasteiger partial charge in [-0.2, -0.15) is 0 Å². The third kappa shape index (κ3) is 26.9. The molecule has 0 aliphatic carbocycles. The van der Waals surface area contributed by atoms with Crippen LogP contribution in [0.4, 0.5) is 0 Å². The van der Waals surface area contributed by atoms with Gasteiger partial charge in [0.15, 0.2) is 0 Å². The summed E-state index contributed by atoms with van der Waals surface area (Å²) in [5, 5.41) is 0. The van der Waals surface area contributed by atoms with E-state index in [1.807, 2.05) is 0 Å². The Morgan fingerprint density at radius 2 is 0.647 bits per heavy atom. The fraction of sp³-hybridized carbons (Fsp3) is 0.867. The molecule has 0 atom stereocenters. The first-order valence-corrected chi connectivity index (χ1v) is 14.7. The third-order valence-corrected chi connectivity index (χ3v) is 6.34. The monoisotopic (exact) mass is 480 g/mol. The van der Waals surface area contributed by atoms with Crippen LogP contribution in [0.15, 0.2) is 12.2 Å². The maximum atomic E-state index is 11.7. The summed E-state index contributed by atoms with van der Waals surface area (Å²) < 4.78 is 10.3. The number of ether oxygens (including phenoxy) is 2. The minimum atomic E-state index is -0.460. The van der Waals surface area contributed by atoms with Gasteiger partial charge in [0.05, 0.1) is 13.2 Å². The van der Waals surface area contributed by atoms with Crippen molar-refractivity contribution in [3.8, 4) is 0 Å². The Hall–Kier alpha value is -1.32. The van der Waals surface area contributed by atoms with Crippen molar-refractivity contribution >= 4 is 11.9 Å². The number of rotatable bonds is 26. The molecule has 0 aromatic heterocycles. The molecule has 0 rings (SSSR count). The number of carbonyl (C=O) groups is 2. The van der Waals surface area contributed by atoms with Crippen molar-refractivity contribution in [1.82, 2.24) is 0 Å². The zero-order chi connectivity index (χ0) is 25.0. The Bertz CT molecular complexity index is 430. The topological polar surface area (TPSA) is 52.6 Å². The van der Waals surface area contributed by atoms with Gasteiger partial charge >= 0.3 is 11.9 Å². The Morgan fingerprint density at radius 1 is 0.412 bits per heavy atom. The van der Waals surface area contributed by atoms with E-state index in [0.717, 1.165) is 25.7 Å². The summed E-state index contributed by atoms with van der Waals surface area (Å²) in [4.78, 5) is 23.4. The minimum absolute atomic E-state index is 0.425. The van der Waals surface area contributed by atoms with Crippen molar-refractivity contribution in [3.63, 3.8) is 0 Å². The Morgan fingerprint density at radius 3 is 0.912 bits per heavy atom. The molecule has 0 spiro atoms. The predicted octanol–water partition coefficient (Wildman–Crippen LogP) is 9.25. The highest BCUT2D eigenvalue weighted by molar-refractivity contribution is 5.91. The Labute approximate surface area is 211 Å². The molecule has 0 amide bonds. The normalized spacial score (nSPS) is 11.2. The van der Waals surface area contributed by atoms with Gasteiger partial charge in [-0.3, -0.25) is 0 Å². The van der Waals surface area contributed by atoms with Gasteiger partial charge in [0.25, 0.3) is 0 Å². The molecule has 0 aromatic rings. The second kappa shape index (κ2) is 27.9. The first kappa shape index (κ1) is 32.7. The van der Waals surface area contributed by atoms with Gasteiger partial charge < -0.3 is 9.47 Å². The summed E-state index contributed by atoms with van der Waals surface area (Å²) in [6.45, 7) is 5.35. The lowest BCUT2D eigenvalue weighted by Crippen LogP contribution is -2.06. The van der Waals surface area contributed by atoms with E-state index in [2.05, 4.69) is 13.8 Å². The zero-order valence-corrected chi connectivity index (χ0v) is 22.8. The van der Waals surface area contributed by atoms with Crippen molar-refractivity contribution in [2.75, 3.05) is 13.2 Å². The molecule has 34 heavy (non-hydrogen) atoms. The molecular weight excluding hydrogens is 424 g/mol. The maximum absolute atomic E-state index is 11.7. The number of hydrogen-bond acceptors (Lipinski definition) is 4. The highest BCUT2D eigenvalue weighted by atomic mass is 16.5. The fourth-order valence-electron chi connectivity index (χ4n) is 4.11. The molecule has 4 nitrogen and oxygen atoms in total. The fourth-order valence-corrected chi connectivity index (χ4v) is 4.11. The van der Waals surface area contributed by atoms with Crippen LogP contribution in [-0.4, -0.2) is 25.2 Å². The van der Waals surface area contributed by atoms with Gasteiger partial charge in [-0.05, 0) is 12.8 Å². The Balaban J connectivity index is 3.38. The molecular formula is C30H56O4. The second-order valence-electron chi connectivity index (χ2n) is 9.74. The number of esters is 2. The first-order chi connectivity index (χ1) is 16.7. The van der Waals surface area contributed by atoms with Crippen LogP contribution in [0.25, 0.3) is 0 Å². The molecule has 200 valence electrons. The molecule has 0 fully saturated rings. The van der Waals surface area contributed by atoms with Crippen molar-refractivity contribution in [3.05, 3.63) is 12.2 Å². The number of carbonyl (C=O) groups excluding carboxylic acids is 2. The molecule has 0 unspecified atom stereocenters. The van der Waals surface area contributed by atoms with Crippen molar-refractivity contribution < 1.29 is 19.1 Å². The van der Waals surface area contributed by atoms with Crippen LogP contribution >= 0.6 is 0 Å². The molecule has 0 radical (unpaired) electrons. The van der Waals surface area contributed by atoms with Crippen LogP contribution in [0.5, 0.6) is 0 Å². The minimum Gasteiger partial charge on any atom is -0.463 e. The molecule has 0 saturated carbocycles. The van der Waals surface area contributed by atoms with E-state index >= 15 is 0 Å². The molecule has 0 bridgehead atoms. The number of unbranched alkanes of at least 4 members (excludes halogenated alkanes) is 20. The van der Waals surface area contributed by atoms with Gasteiger partial charge in [0.2, 0.25) is 0 Å². The van der Waals surface area contributed by atoms with Crippen molar-refractivity contribution in [2.24, 2.45) is 0 Å². The van der Waals surface area contributed by atoms with Crippen LogP contribution in [0.1, 0.15) is 155 Å². The molecule has 0 N–H and O–H groups in total. The van der Waals surface area contributed by atoms with Crippen LogP contribution in [0.2, 0.25) is 0 Å². The van der Waals surface area contributed by atoms with E-state index in [9.17, 15) is 9.59 Å². The van der Waals surface area contributed by atoms with Crippen molar-refractivity contribution in [2.45, 2.75) is 155 Å². The van der Waals surface area contributed by atoms with Crippen LogP contribution in [0.3, 0.4) is 0 Å². The zero-order valence-electron chi connectivity index (χ0n) is 22.8. The quantitative estimate of drug-likeness (QED) is 0.0703. The second-order valence-corrected chi connectivity index (χ2v) is 9.74. The third-order valence-electron chi connectivity index (χ3n) is 6.34. The average molecular weight is 481 g/mol. The van der Waals surface area contributed by atoms with Crippen LogP contribution < -0.4 is 0 Å². The molecule has 0 aromatic carbocycles. The summed E-state index contributed by atoms with van der Waals surface area (Å²) in [6, 6.07) is 0. The first-order valence-electron chi connectivity index (χ1n) is 14.7. The van der Waals surface area contributed by atoms with E-state index in [1.54, 1.807) is 0 Å². The lowest BCUT2D eigenvalue weighted by molar-refractivity contribution is -0.140. The maximum Gasteiger partial charge on any atom is 0.331 e. The molecule has 4 heteroatoms. The van der Waals surface area contributed by atoms with Gasteiger partial charge in [-0.25, -0.2) is 9.59 Å². The van der Waals surface area contributed by atoms with Gasteiger partial charge in [-0.1, -0.05) is 142 Å².